The quantitative estimate of drug-likeness (QED) is 0.168. The third-order valence-electron chi connectivity index (χ3n) is 9.75. The van der Waals surface area contributed by atoms with Crippen LogP contribution in [0.3, 0.4) is 0 Å². The van der Waals surface area contributed by atoms with Crippen LogP contribution in [0.2, 0.25) is 20.1 Å². The minimum Gasteiger partial charge on any atom is -0.368 e. The van der Waals surface area contributed by atoms with E-state index in [1.807, 2.05) is 12.1 Å². The van der Waals surface area contributed by atoms with Crippen molar-refractivity contribution in [2.45, 2.75) is 39.5 Å². The molecule has 4 aromatic carbocycles. The molecule has 0 fully saturated rings. The lowest BCUT2D eigenvalue weighted by Gasteiger charge is -2.12. The van der Waals surface area contributed by atoms with Crippen LogP contribution in [0.25, 0.3) is 44.3 Å². The Morgan fingerprint density at radius 3 is 1.46 bits per heavy atom. The number of hydrogen-bond donors (Lipinski definition) is 2. The molecule has 0 spiro atoms. The standard InChI is InChI=1S/C23H20Cl2N4O.C14H10Cl2N4O.C9H11Br/c1-13(2)14-7-9-16(10-8-14)27-23-26-12-15-11-17(22(30)29(3)21(15)28-23)20-18(24)5-4-6-19(20)25;1-20-12-7(6-18-14(17)19-12)5-8(13(20)21)11-9(15)3-2-4-10(11)16;1-7(2)8-3-5-9(10)6-4-8/h4-13H,1-3H3,(H,26,27,28);2-6H,1H3,(H2,17,18,19);3-7H,1-2H3. The molecule has 0 bridgehead atoms. The second kappa shape index (κ2) is 19.6. The van der Waals surface area contributed by atoms with Crippen molar-refractivity contribution in [3.8, 4) is 22.3 Å². The monoisotopic (exact) mass is 956 g/mol. The Labute approximate surface area is 381 Å². The lowest BCUT2D eigenvalue weighted by Crippen LogP contribution is -2.20. The number of halogens is 5. The molecule has 4 aromatic heterocycles. The van der Waals surface area contributed by atoms with E-state index in [1.165, 1.54) is 20.3 Å². The number of fused-ring (bicyclic) bond motifs is 2. The average Bonchev–Trinajstić information content (AvgIpc) is 3.22. The van der Waals surface area contributed by atoms with E-state index in [4.69, 9.17) is 52.1 Å². The maximum Gasteiger partial charge on any atom is 0.259 e. The zero-order valence-electron chi connectivity index (χ0n) is 34.0. The summed E-state index contributed by atoms with van der Waals surface area (Å²) in [4.78, 5) is 42.5. The fourth-order valence-electron chi connectivity index (χ4n) is 6.36. The number of rotatable bonds is 6. The van der Waals surface area contributed by atoms with Crippen molar-refractivity contribution in [1.29, 1.82) is 0 Å². The molecule has 8 aromatic rings. The highest BCUT2D eigenvalue weighted by Gasteiger charge is 2.18. The Hall–Kier alpha value is -5.30. The summed E-state index contributed by atoms with van der Waals surface area (Å²) in [5.41, 5.74) is 11.4. The van der Waals surface area contributed by atoms with Gasteiger partial charge in [-0.05, 0) is 83.6 Å². The number of aryl methyl sites for hydroxylation is 2. The summed E-state index contributed by atoms with van der Waals surface area (Å²) in [7, 11) is 3.29. The number of pyridine rings is 2. The zero-order valence-corrected chi connectivity index (χ0v) is 38.6. The van der Waals surface area contributed by atoms with Gasteiger partial charge in [-0.3, -0.25) is 18.7 Å². The molecule has 8 rings (SSSR count). The van der Waals surface area contributed by atoms with E-state index in [0.717, 1.165) is 10.2 Å². The van der Waals surface area contributed by atoms with Gasteiger partial charge in [0.15, 0.2) is 0 Å². The van der Waals surface area contributed by atoms with Crippen LogP contribution in [-0.4, -0.2) is 29.1 Å². The van der Waals surface area contributed by atoms with Gasteiger partial charge in [0.25, 0.3) is 11.1 Å². The first-order chi connectivity index (χ1) is 29.0. The SMILES string of the molecule is CC(C)c1ccc(Br)cc1.CC(C)c1ccc(Nc2ncc3cc(-c4c(Cl)cccc4Cl)c(=O)n(C)c3n2)cc1.Cn1c(=O)c(-c2c(Cl)cccc2Cl)cc2cnc(N)nc21. The minimum absolute atomic E-state index is 0.112. The summed E-state index contributed by atoms with van der Waals surface area (Å²) in [6, 6.07) is 30.2. The van der Waals surface area contributed by atoms with Gasteiger partial charge in [0, 0.05) is 58.5 Å². The van der Waals surface area contributed by atoms with E-state index < -0.39 is 0 Å². The smallest absolute Gasteiger partial charge is 0.259 e. The van der Waals surface area contributed by atoms with Crippen molar-refractivity contribution in [3.05, 3.63) is 166 Å². The maximum atomic E-state index is 13.0. The highest BCUT2D eigenvalue weighted by molar-refractivity contribution is 9.10. The molecule has 10 nitrogen and oxygen atoms in total. The van der Waals surface area contributed by atoms with Crippen molar-refractivity contribution in [2.75, 3.05) is 11.1 Å². The molecule has 0 atom stereocenters. The summed E-state index contributed by atoms with van der Waals surface area (Å²) in [6.07, 6.45) is 3.24. The fraction of sp³-hybridized carbons (Fsp3) is 0.174. The summed E-state index contributed by atoms with van der Waals surface area (Å²) in [5.74, 6) is 1.62. The summed E-state index contributed by atoms with van der Waals surface area (Å²) in [5, 5.41) is 6.25. The molecule has 0 amide bonds. The van der Waals surface area contributed by atoms with E-state index >= 15 is 0 Å². The highest BCUT2D eigenvalue weighted by atomic mass is 79.9. The van der Waals surface area contributed by atoms with Gasteiger partial charge in [0.2, 0.25) is 11.9 Å². The van der Waals surface area contributed by atoms with E-state index in [9.17, 15) is 9.59 Å². The van der Waals surface area contributed by atoms with Gasteiger partial charge in [0.05, 0.1) is 31.2 Å². The van der Waals surface area contributed by atoms with E-state index in [-0.39, 0.29) is 17.1 Å². The summed E-state index contributed by atoms with van der Waals surface area (Å²) < 4.78 is 4.04. The predicted molar refractivity (Wildman–Crippen MR) is 257 cm³/mol. The fourth-order valence-corrected chi connectivity index (χ4v) is 7.83. The van der Waals surface area contributed by atoms with Crippen molar-refractivity contribution in [2.24, 2.45) is 14.1 Å². The topological polar surface area (TPSA) is 134 Å². The first kappa shape index (κ1) is 45.2. The number of benzene rings is 4. The molecule has 61 heavy (non-hydrogen) atoms. The molecule has 0 aliphatic rings. The predicted octanol–water partition coefficient (Wildman–Crippen LogP) is 12.6. The molecule has 0 unspecified atom stereocenters. The van der Waals surface area contributed by atoms with Crippen molar-refractivity contribution in [3.63, 3.8) is 0 Å². The third-order valence-corrected chi connectivity index (χ3v) is 11.5. The molecule has 3 N–H and O–H groups in total. The van der Waals surface area contributed by atoms with E-state index in [2.05, 4.69) is 105 Å². The number of hydrogen-bond acceptors (Lipinski definition) is 8. The normalized spacial score (nSPS) is 11.0. The van der Waals surface area contributed by atoms with Gasteiger partial charge >= 0.3 is 0 Å². The molecule has 0 aliphatic carbocycles. The molecule has 312 valence electrons. The maximum absolute atomic E-state index is 13.0. The molecular weight excluding hydrogens is 918 g/mol. The molecule has 15 heteroatoms. The Morgan fingerprint density at radius 1 is 0.607 bits per heavy atom. The number of nitrogens with two attached hydrogens (primary N) is 1. The van der Waals surface area contributed by atoms with Crippen LogP contribution in [0, 0.1) is 0 Å². The molecule has 4 heterocycles. The Kier molecular flexibility index (Phi) is 14.5. The van der Waals surface area contributed by atoms with Gasteiger partial charge in [-0.25, -0.2) is 9.97 Å². The number of nitrogens with zero attached hydrogens (tertiary/aromatic N) is 6. The van der Waals surface area contributed by atoms with Gasteiger partial charge in [-0.1, -0.05) is 126 Å². The number of nitrogen functional groups attached to an aromatic ring is 1. The molecule has 0 radical (unpaired) electrons. The van der Waals surface area contributed by atoms with Crippen LogP contribution in [0.15, 0.2) is 124 Å². The van der Waals surface area contributed by atoms with Crippen LogP contribution in [0.5, 0.6) is 0 Å². The lowest BCUT2D eigenvalue weighted by atomic mass is 10.0. The van der Waals surface area contributed by atoms with Crippen molar-refractivity contribution >= 4 is 102 Å². The van der Waals surface area contributed by atoms with Crippen molar-refractivity contribution < 1.29 is 0 Å². The van der Waals surface area contributed by atoms with E-state index in [0.29, 0.717) is 82.2 Å². The van der Waals surface area contributed by atoms with Crippen LogP contribution in [-0.2, 0) is 14.1 Å². The summed E-state index contributed by atoms with van der Waals surface area (Å²) in [6.45, 7) is 8.70. The minimum atomic E-state index is -0.254. The highest BCUT2D eigenvalue weighted by Crippen LogP contribution is 2.35. The van der Waals surface area contributed by atoms with Gasteiger partial charge in [-0.2, -0.15) is 9.97 Å². The van der Waals surface area contributed by atoms with Gasteiger partial charge in [-0.15, -0.1) is 0 Å². The molecule has 0 saturated carbocycles. The first-order valence-electron chi connectivity index (χ1n) is 19.0. The molecule has 0 saturated heterocycles. The second-order valence-corrected chi connectivity index (χ2v) is 17.2. The summed E-state index contributed by atoms with van der Waals surface area (Å²) >= 11 is 28.4. The second-order valence-electron chi connectivity index (χ2n) is 14.6. The average molecular weight is 960 g/mol. The first-order valence-corrected chi connectivity index (χ1v) is 21.3. The molecular formula is C46H41BrCl4N8O2. The number of anilines is 3. The third kappa shape index (κ3) is 10.4. The molecule has 0 aliphatic heterocycles. The largest absolute Gasteiger partial charge is 0.368 e. The number of nitrogens with one attached hydrogen (secondary N) is 1. The van der Waals surface area contributed by atoms with Crippen LogP contribution in [0.4, 0.5) is 17.6 Å². The Balaban J connectivity index is 0.000000173. The lowest BCUT2D eigenvalue weighted by molar-refractivity contribution is 0.866. The number of aromatic nitrogens is 6. The van der Waals surface area contributed by atoms with Crippen LogP contribution >= 0.6 is 62.3 Å². The van der Waals surface area contributed by atoms with Gasteiger partial charge < -0.3 is 11.1 Å². The van der Waals surface area contributed by atoms with Crippen molar-refractivity contribution in [1.82, 2.24) is 29.1 Å². The zero-order chi connectivity index (χ0) is 44.1. The Bertz CT molecular complexity index is 2950. The van der Waals surface area contributed by atoms with E-state index in [1.54, 1.807) is 75.0 Å². The van der Waals surface area contributed by atoms with Crippen LogP contribution < -0.4 is 22.2 Å². The van der Waals surface area contributed by atoms with Gasteiger partial charge in [0.1, 0.15) is 11.3 Å². The Morgan fingerprint density at radius 2 is 1.02 bits per heavy atom. The van der Waals surface area contributed by atoms with Crippen LogP contribution in [0.1, 0.15) is 50.7 Å².